The van der Waals surface area contributed by atoms with Crippen molar-refractivity contribution in [3.63, 3.8) is 0 Å². The fraction of sp³-hybridized carbons (Fsp3) is 0.571. The van der Waals surface area contributed by atoms with Crippen LogP contribution in [-0.2, 0) is 0 Å². The van der Waals surface area contributed by atoms with Gasteiger partial charge in [0.15, 0.2) is 6.29 Å². The van der Waals surface area contributed by atoms with Gasteiger partial charge in [-0.15, -0.1) is 0 Å². The third-order valence-corrected chi connectivity index (χ3v) is 6.20. The van der Waals surface area contributed by atoms with E-state index in [0.717, 1.165) is 30.5 Å². The Morgan fingerprint density at radius 3 is 2.21 bits per heavy atom. The van der Waals surface area contributed by atoms with Crippen LogP contribution in [0.15, 0.2) is 24.8 Å². The van der Waals surface area contributed by atoms with Crippen molar-refractivity contribution < 1.29 is 4.79 Å². The summed E-state index contributed by atoms with van der Waals surface area (Å²) in [5.74, 6) is 0. The van der Waals surface area contributed by atoms with Crippen molar-refractivity contribution in [2.75, 3.05) is 31.1 Å². The molecule has 0 radical (unpaired) electrons. The number of hydrogen-bond acceptors (Lipinski definition) is 3. The molecule has 0 amide bonds. The molecule has 0 unspecified atom stereocenters. The number of aldehydes is 1. The number of hydrogen-bond donors (Lipinski definition) is 0. The molecule has 2 saturated heterocycles. The second-order valence-electron chi connectivity index (χ2n) is 7.75. The molecule has 1 aromatic rings. The molecule has 2 aliphatic rings. The molecular formula is C21H30N2O. The van der Waals surface area contributed by atoms with Gasteiger partial charge < -0.3 is 9.80 Å². The maximum atomic E-state index is 11.1. The number of anilines is 1. The molecule has 0 aliphatic carbocycles. The van der Waals surface area contributed by atoms with Crippen molar-refractivity contribution in [2.24, 2.45) is 5.41 Å². The van der Waals surface area contributed by atoms with Crippen LogP contribution in [0.25, 0.3) is 6.08 Å². The third kappa shape index (κ3) is 3.41. The smallest absolute Gasteiger partial charge is 0.150 e. The molecule has 0 atom stereocenters. The van der Waals surface area contributed by atoms with Crippen LogP contribution >= 0.6 is 0 Å². The van der Waals surface area contributed by atoms with Crippen molar-refractivity contribution in [3.05, 3.63) is 35.9 Å². The number of carbonyl (C=O) groups is 1. The Morgan fingerprint density at radius 1 is 1.04 bits per heavy atom. The Balaban J connectivity index is 1.63. The van der Waals surface area contributed by atoms with Crippen LogP contribution in [-0.4, -0.2) is 43.4 Å². The predicted molar refractivity (Wildman–Crippen MR) is 102 cm³/mol. The molecule has 0 bridgehead atoms. The highest BCUT2D eigenvalue weighted by Gasteiger charge is 2.37. The lowest BCUT2D eigenvalue weighted by Gasteiger charge is -2.48. The maximum absolute atomic E-state index is 11.1. The summed E-state index contributed by atoms with van der Waals surface area (Å²) in [6, 6.07) is 6.79. The van der Waals surface area contributed by atoms with Crippen molar-refractivity contribution in [1.29, 1.82) is 0 Å². The van der Waals surface area contributed by atoms with E-state index in [0.29, 0.717) is 11.5 Å². The van der Waals surface area contributed by atoms with Gasteiger partial charge in [0.2, 0.25) is 0 Å². The maximum Gasteiger partial charge on any atom is 0.150 e. The molecule has 1 aromatic carbocycles. The van der Waals surface area contributed by atoms with E-state index in [1.54, 1.807) is 6.08 Å². The van der Waals surface area contributed by atoms with Gasteiger partial charge in [0.25, 0.3) is 0 Å². The van der Waals surface area contributed by atoms with Gasteiger partial charge in [-0.25, -0.2) is 0 Å². The van der Waals surface area contributed by atoms with Crippen molar-refractivity contribution in [2.45, 2.75) is 45.6 Å². The average molecular weight is 326 g/mol. The second kappa shape index (κ2) is 7.10. The van der Waals surface area contributed by atoms with Crippen LogP contribution in [0.5, 0.6) is 0 Å². The van der Waals surface area contributed by atoms with E-state index in [9.17, 15) is 4.79 Å². The lowest BCUT2D eigenvalue weighted by Crippen LogP contribution is -2.48. The van der Waals surface area contributed by atoms with E-state index in [1.807, 2.05) is 6.07 Å². The summed E-state index contributed by atoms with van der Waals surface area (Å²) in [6.45, 7) is 13.2. The van der Waals surface area contributed by atoms with E-state index in [4.69, 9.17) is 0 Å². The highest BCUT2D eigenvalue weighted by Crippen LogP contribution is 2.42. The number of piperidine rings is 2. The van der Waals surface area contributed by atoms with Crippen LogP contribution in [0.2, 0.25) is 0 Å². The molecule has 130 valence electrons. The lowest BCUT2D eigenvalue weighted by atomic mass is 9.71. The minimum Gasteiger partial charge on any atom is -0.371 e. The monoisotopic (exact) mass is 326 g/mol. The fourth-order valence-electron chi connectivity index (χ4n) is 4.30. The van der Waals surface area contributed by atoms with Gasteiger partial charge in [-0.1, -0.05) is 12.7 Å². The van der Waals surface area contributed by atoms with E-state index in [2.05, 4.69) is 42.4 Å². The molecule has 2 heterocycles. The van der Waals surface area contributed by atoms with E-state index < -0.39 is 0 Å². The van der Waals surface area contributed by atoms with Crippen molar-refractivity contribution >= 4 is 18.0 Å². The molecule has 0 N–H and O–H groups in total. The van der Waals surface area contributed by atoms with Crippen molar-refractivity contribution in [1.82, 2.24) is 4.90 Å². The average Bonchev–Trinajstić information content (AvgIpc) is 2.62. The topological polar surface area (TPSA) is 23.6 Å². The van der Waals surface area contributed by atoms with Gasteiger partial charge in [0, 0.05) is 30.4 Å². The predicted octanol–water partition coefficient (Wildman–Crippen LogP) is 4.23. The van der Waals surface area contributed by atoms with E-state index in [-0.39, 0.29) is 0 Å². The zero-order valence-electron chi connectivity index (χ0n) is 15.1. The Bertz CT molecular complexity index is 590. The molecule has 3 heteroatoms. The summed E-state index contributed by atoms with van der Waals surface area (Å²) in [5.41, 5.74) is 3.45. The number of nitrogens with zero attached hydrogens (tertiary/aromatic N) is 2. The Labute approximate surface area is 146 Å². The Kier molecular flexibility index (Phi) is 5.09. The first-order valence-electron chi connectivity index (χ1n) is 9.27. The second-order valence-corrected chi connectivity index (χ2v) is 7.75. The quantitative estimate of drug-likeness (QED) is 0.774. The first-order chi connectivity index (χ1) is 11.6. The van der Waals surface area contributed by atoms with Gasteiger partial charge in [0.05, 0.1) is 0 Å². The van der Waals surface area contributed by atoms with Crippen LogP contribution in [0.4, 0.5) is 5.69 Å². The molecule has 1 spiro atoms. The molecule has 0 saturated carbocycles. The Hall–Kier alpha value is -1.61. The summed E-state index contributed by atoms with van der Waals surface area (Å²) in [5, 5.41) is 0. The lowest BCUT2D eigenvalue weighted by molar-refractivity contribution is 0.0632. The first kappa shape index (κ1) is 17.2. The number of carbonyl (C=O) groups excluding carboxylic acids is 1. The Morgan fingerprint density at radius 2 is 1.67 bits per heavy atom. The van der Waals surface area contributed by atoms with Crippen LogP contribution < -0.4 is 4.90 Å². The van der Waals surface area contributed by atoms with E-state index >= 15 is 0 Å². The summed E-state index contributed by atoms with van der Waals surface area (Å²) in [4.78, 5) is 16.2. The fourth-order valence-corrected chi connectivity index (χ4v) is 4.30. The molecular weight excluding hydrogens is 296 g/mol. The van der Waals surface area contributed by atoms with Crippen LogP contribution in [0.1, 0.15) is 55.5 Å². The number of benzene rings is 1. The standard InChI is InChI=1S/C21H30N2O/c1-4-18-15-20(6-5-19(18)16-24)23-13-9-21(10-14-23)7-11-22(12-8-21)17(2)3/h4-6,15-17H,1,7-14H2,2-3H3. The molecule has 3 rings (SSSR count). The van der Waals surface area contributed by atoms with Gasteiger partial charge in [-0.05, 0) is 81.8 Å². The molecule has 2 fully saturated rings. The normalized spacial score (nSPS) is 21.2. The highest BCUT2D eigenvalue weighted by atomic mass is 16.1. The largest absolute Gasteiger partial charge is 0.371 e. The molecule has 0 aromatic heterocycles. The van der Waals surface area contributed by atoms with Gasteiger partial charge in [-0.2, -0.15) is 0 Å². The zero-order valence-corrected chi connectivity index (χ0v) is 15.1. The third-order valence-electron chi connectivity index (χ3n) is 6.20. The van der Waals surface area contributed by atoms with E-state index in [1.165, 1.54) is 44.5 Å². The first-order valence-corrected chi connectivity index (χ1v) is 9.27. The summed E-state index contributed by atoms with van der Waals surface area (Å²) < 4.78 is 0. The van der Waals surface area contributed by atoms with Gasteiger partial charge >= 0.3 is 0 Å². The molecule has 2 aliphatic heterocycles. The molecule has 3 nitrogen and oxygen atoms in total. The van der Waals surface area contributed by atoms with Crippen molar-refractivity contribution in [3.8, 4) is 0 Å². The summed E-state index contributed by atoms with van der Waals surface area (Å²) in [7, 11) is 0. The minimum atomic E-state index is 0.561. The minimum absolute atomic E-state index is 0.561. The SMILES string of the molecule is C=Cc1cc(N2CCC3(CC2)CCN(C(C)C)CC3)ccc1C=O. The van der Waals surface area contributed by atoms with Gasteiger partial charge in [0.1, 0.15) is 0 Å². The zero-order chi connectivity index (χ0) is 17.2. The van der Waals surface area contributed by atoms with Gasteiger partial charge in [-0.3, -0.25) is 4.79 Å². The highest BCUT2D eigenvalue weighted by molar-refractivity contribution is 5.83. The number of rotatable bonds is 4. The van der Waals surface area contributed by atoms with Crippen LogP contribution in [0.3, 0.4) is 0 Å². The summed E-state index contributed by atoms with van der Waals surface area (Å²) >= 11 is 0. The van der Waals surface area contributed by atoms with Crippen LogP contribution in [0, 0.1) is 5.41 Å². The summed E-state index contributed by atoms with van der Waals surface area (Å²) in [6.07, 6.45) is 7.96. The molecule has 24 heavy (non-hydrogen) atoms. The number of likely N-dealkylation sites (tertiary alicyclic amines) is 1.